The van der Waals surface area contributed by atoms with Crippen molar-refractivity contribution in [3.8, 4) is 0 Å². The Kier molecular flexibility index (Phi) is 5.64. The standard InChI is InChI=1S/C10H15F6NO/c1-3-4-5-17-8(2,10(14,15)16)6-7(18)9(11,12)13/h17H,3-6H2,1-2H3/t8-/m0/s1. The molecule has 0 fully saturated rings. The molecule has 1 N–H and O–H groups in total. The van der Waals surface area contributed by atoms with Crippen LogP contribution in [0.25, 0.3) is 0 Å². The maximum Gasteiger partial charge on any atom is 0.450 e. The summed E-state index contributed by atoms with van der Waals surface area (Å²) in [4.78, 5) is 10.7. The maximum absolute atomic E-state index is 12.7. The summed E-state index contributed by atoms with van der Waals surface area (Å²) in [5, 5.41) is 1.99. The SMILES string of the molecule is CCCCN[C@@](C)(CC(=O)C(F)(F)F)C(F)(F)F. The molecule has 0 aromatic carbocycles. The molecule has 0 aromatic rings. The predicted octanol–water partition coefficient (Wildman–Crippen LogP) is 3.22. The van der Waals surface area contributed by atoms with Crippen LogP contribution >= 0.6 is 0 Å². The number of rotatable bonds is 6. The Morgan fingerprint density at radius 2 is 1.61 bits per heavy atom. The van der Waals surface area contributed by atoms with Gasteiger partial charge in [0.1, 0.15) is 5.54 Å². The van der Waals surface area contributed by atoms with Crippen LogP contribution in [-0.2, 0) is 4.79 Å². The van der Waals surface area contributed by atoms with Gasteiger partial charge in [-0.1, -0.05) is 13.3 Å². The smallest absolute Gasteiger partial charge is 0.303 e. The number of ketones is 1. The lowest BCUT2D eigenvalue weighted by Crippen LogP contribution is -2.57. The third-order valence-corrected chi connectivity index (χ3v) is 2.50. The van der Waals surface area contributed by atoms with E-state index in [1.165, 1.54) is 0 Å². The first-order chi connectivity index (χ1) is 7.94. The van der Waals surface area contributed by atoms with Gasteiger partial charge in [0, 0.05) is 6.42 Å². The first-order valence-electron chi connectivity index (χ1n) is 5.36. The summed E-state index contributed by atoms with van der Waals surface area (Å²) in [5.74, 6) is -2.38. The highest BCUT2D eigenvalue weighted by Crippen LogP contribution is 2.35. The molecule has 0 spiro atoms. The van der Waals surface area contributed by atoms with Crippen LogP contribution in [0.4, 0.5) is 26.3 Å². The number of carbonyl (C=O) groups is 1. The van der Waals surface area contributed by atoms with E-state index < -0.39 is 30.1 Å². The van der Waals surface area contributed by atoms with E-state index in [0.717, 1.165) is 0 Å². The van der Waals surface area contributed by atoms with Crippen molar-refractivity contribution in [3.05, 3.63) is 0 Å². The van der Waals surface area contributed by atoms with Gasteiger partial charge in [0.2, 0.25) is 5.78 Å². The minimum absolute atomic E-state index is 0.0996. The van der Waals surface area contributed by atoms with Crippen molar-refractivity contribution >= 4 is 5.78 Å². The monoisotopic (exact) mass is 279 g/mol. The van der Waals surface area contributed by atoms with Crippen LogP contribution in [0.5, 0.6) is 0 Å². The van der Waals surface area contributed by atoms with Crippen LogP contribution in [0.15, 0.2) is 0 Å². The highest BCUT2D eigenvalue weighted by Gasteiger charge is 2.55. The molecule has 0 unspecified atom stereocenters. The quantitative estimate of drug-likeness (QED) is 0.597. The van der Waals surface area contributed by atoms with Gasteiger partial charge in [-0.2, -0.15) is 26.3 Å². The molecule has 2 nitrogen and oxygen atoms in total. The van der Waals surface area contributed by atoms with Gasteiger partial charge in [0.15, 0.2) is 0 Å². The molecule has 0 saturated heterocycles. The minimum Gasteiger partial charge on any atom is -0.303 e. The summed E-state index contributed by atoms with van der Waals surface area (Å²) in [6, 6.07) is 0. The van der Waals surface area contributed by atoms with Crippen molar-refractivity contribution in [1.82, 2.24) is 5.32 Å². The number of unbranched alkanes of at least 4 members (excludes halogenated alkanes) is 1. The molecule has 0 aliphatic rings. The van der Waals surface area contributed by atoms with Crippen LogP contribution < -0.4 is 5.32 Å². The van der Waals surface area contributed by atoms with Crippen LogP contribution in [0.3, 0.4) is 0 Å². The average Bonchev–Trinajstić information content (AvgIpc) is 2.14. The predicted molar refractivity (Wildman–Crippen MR) is 53.0 cm³/mol. The van der Waals surface area contributed by atoms with Crippen LogP contribution in [0.1, 0.15) is 33.1 Å². The second-order valence-corrected chi connectivity index (χ2v) is 4.21. The van der Waals surface area contributed by atoms with Gasteiger partial charge >= 0.3 is 12.4 Å². The molecule has 0 saturated carbocycles. The van der Waals surface area contributed by atoms with Crippen molar-refractivity contribution in [2.24, 2.45) is 0 Å². The van der Waals surface area contributed by atoms with E-state index in [1.807, 2.05) is 5.32 Å². The van der Waals surface area contributed by atoms with Gasteiger partial charge < -0.3 is 5.32 Å². The van der Waals surface area contributed by atoms with Crippen LogP contribution in [0.2, 0.25) is 0 Å². The minimum atomic E-state index is -5.25. The van der Waals surface area contributed by atoms with Crippen molar-refractivity contribution in [2.75, 3.05) is 6.54 Å². The van der Waals surface area contributed by atoms with E-state index in [-0.39, 0.29) is 6.54 Å². The van der Waals surface area contributed by atoms with Gasteiger partial charge in [-0.05, 0) is 19.9 Å². The number of halogens is 6. The summed E-state index contributed by atoms with van der Waals surface area (Å²) in [5.41, 5.74) is -2.85. The number of hydrogen-bond donors (Lipinski definition) is 1. The van der Waals surface area contributed by atoms with Gasteiger partial charge in [0.25, 0.3) is 0 Å². The topological polar surface area (TPSA) is 29.1 Å². The van der Waals surface area contributed by atoms with Crippen molar-refractivity contribution in [2.45, 2.75) is 51.0 Å². The molecule has 0 aliphatic carbocycles. The Labute approximate surface area is 101 Å². The van der Waals surface area contributed by atoms with Crippen molar-refractivity contribution in [1.29, 1.82) is 0 Å². The van der Waals surface area contributed by atoms with E-state index in [0.29, 0.717) is 19.8 Å². The fourth-order valence-corrected chi connectivity index (χ4v) is 1.23. The fourth-order valence-electron chi connectivity index (χ4n) is 1.23. The largest absolute Gasteiger partial charge is 0.450 e. The second kappa shape index (κ2) is 5.90. The highest BCUT2D eigenvalue weighted by molar-refractivity contribution is 5.85. The number of alkyl halides is 6. The van der Waals surface area contributed by atoms with Crippen molar-refractivity contribution < 1.29 is 31.1 Å². The zero-order chi connectivity index (χ0) is 14.6. The van der Waals surface area contributed by atoms with E-state index in [9.17, 15) is 31.1 Å². The molecule has 0 aliphatic heterocycles. The molecule has 0 rings (SSSR count). The third-order valence-electron chi connectivity index (χ3n) is 2.50. The first kappa shape index (κ1) is 17.2. The van der Waals surface area contributed by atoms with E-state index in [1.54, 1.807) is 6.92 Å². The summed E-state index contributed by atoms with van der Waals surface area (Å²) in [6.45, 7) is 2.19. The molecule has 0 heterocycles. The zero-order valence-corrected chi connectivity index (χ0v) is 10.0. The Morgan fingerprint density at radius 1 is 1.11 bits per heavy atom. The normalized spacial score (nSPS) is 16.4. The molecule has 8 heteroatoms. The van der Waals surface area contributed by atoms with Crippen molar-refractivity contribution in [3.63, 3.8) is 0 Å². The summed E-state index contributed by atoms with van der Waals surface area (Å²) >= 11 is 0. The Bertz CT molecular complexity index is 285. The Morgan fingerprint density at radius 3 is 1.94 bits per heavy atom. The summed E-state index contributed by atoms with van der Waals surface area (Å²) in [7, 11) is 0. The van der Waals surface area contributed by atoms with Crippen LogP contribution in [0, 0.1) is 0 Å². The lowest BCUT2D eigenvalue weighted by Gasteiger charge is -2.32. The second-order valence-electron chi connectivity index (χ2n) is 4.21. The van der Waals surface area contributed by atoms with E-state index in [2.05, 4.69) is 0 Å². The van der Waals surface area contributed by atoms with Gasteiger partial charge in [0.05, 0.1) is 0 Å². The molecule has 0 radical (unpaired) electrons. The fraction of sp³-hybridized carbons (Fsp3) is 0.900. The summed E-state index contributed by atoms with van der Waals surface area (Å²) < 4.78 is 74.1. The third kappa shape index (κ3) is 4.83. The Hall–Kier alpha value is -0.790. The lowest BCUT2D eigenvalue weighted by atomic mass is 9.93. The first-order valence-corrected chi connectivity index (χ1v) is 5.36. The molecular weight excluding hydrogens is 264 g/mol. The van der Waals surface area contributed by atoms with Crippen LogP contribution in [-0.4, -0.2) is 30.2 Å². The summed E-state index contributed by atoms with van der Waals surface area (Å²) in [6.07, 6.45) is -10.9. The Balaban J connectivity index is 4.84. The number of carbonyl (C=O) groups excluding carboxylic acids is 1. The molecule has 18 heavy (non-hydrogen) atoms. The molecule has 1 atom stereocenters. The number of hydrogen-bond acceptors (Lipinski definition) is 2. The van der Waals surface area contributed by atoms with Gasteiger partial charge in [-0.3, -0.25) is 4.79 Å². The molecule has 0 amide bonds. The zero-order valence-electron chi connectivity index (χ0n) is 10.0. The van der Waals surface area contributed by atoms with E-state index in [4.69, 9.17) is 0 Å². The average molecular weight is 279 g/mol. The van der Waals surface area contributed by atoms with E-state index >= 15 is 0 Å². The number of Topliss-reactive ketones (excluding diaryl/α,β-unsaturated/α-hetero) is 1. The molecule has 0 bridgehead atoms. The number of nitrogens with one attached hydrogen (secondary N) is 1. The molecular formula is C10H15F6NO. The lowest BCUT2D eigenvalue weighted by molar-refractivity contribution is -0.204. The van der Waals surface area contributed by atoms with Gasteiger partial charge in [-0.15, -0.1) is 0 Å². The maximum atomic E-state index is 12.7. The highest BCUT2D eigenvalue weighted by atomic mass is 19.4. The molecule has 108 valence electrons. The molecule has 0 aromatic heterocycles. The van der Waals surface area contributed by atoms with Gasteiger partial charge in [-0.25, -0.2) is 0 Å².